The van der Waals surface area contributed by atoms with Gasteiger partial charge in [0.1, 0.15) is 0 Å². The smallest absolute Gasteiger partial charge is 0.206 e. The molecule has 0 fully saturated rings. The maximum atomic E-state index is 11.8. The molecule has 0 saturated heterocycles. The van der Waals surface area contributed by atoms with Crippen molar-refractivity contribution in [2.45, 2.75) is 20.8 Å². The van der Waals surface area contributed by atoms with Crippen LogP contribution in [-0.2, 0) is 0 Å². The van der Waals surface area contributed by atoms with Crippen LogP contribution < -0.4 is 0 Å². The second-order valence-corrected chi connectivity index (χ2v) is 3.85. The van der Waals surface area contributed by atoms with Crippen molar-refractivity contribution < 1.29 is 4.79 Å². The van der Waals surface area contributed by atoms with Crippen LogP contribution in [0.5, 0.6) is 0 Å². The Morgan fingerprint density at radius 1 is 1.20 bits per heavy atom. The predicted molar refractivity (Wildman–Crippen MR) is 59.5 cm³/mol. The second-order valence-electron chi connectivity index (χ2n) is 3.85. The number of nitrogens with zero attached hydrogens (tertiary/aromatic N) is 2. The van der Waals surface area contributed by atoms with Gasteiger partial charge in [-0.2, -0.15) is 0 Å². The number of Topliss-reactive ketones (excluding diaryl/α,β-unsaturated/α-hetero) is 1. The molecule has 1 aromatic heterocycles. The Morgan fingerprint density at radius 3 is 2.33 bits per heavy atom. The topological polar surface area (TPSA) is 42.9 Å². The lowest BCUT2D eigenvalue weighted by atomic mass is 10.0. The zero-order valence-corrected chi connectivity index (χ0v) is 9.34. The normalized spacial score (nSPS) is 13.3. The SMILES string of the molecule is CC(C)/C=C/[C@@H](C)C(=O)c1ncccn1. The first-order chi connectivity index (χ1) is 7.11. The van der Waals surface area contributed by atoms with E-state index in [4.69, 9.17) is 0 Å². The monoisotopic (exact) mass is 204 g/mol. The van der Waals surface area contributed by atoms with Gasteiger partial charge in [0.2, 0.25) is 5.78 Å². The van der Waals surface area contributed by atoms with Gasteiger partial charge in [0.15, 0.2) is 5.82 Å². The molecule has 1 heterocycles. The molecule has 80 valence electrons. The number of hydrogen-bond donors (Lipinski definition) is 0. The van der Waals surface area contributed by atoms with E-state index in [1.54, 1.807) is 18.5 Å². The molecule has 0 bridgehead atoms. The minimum absolute atomic E-state index is 0.0347. The lowest BCUT2D eigenvalue weighted by molar-refractivity contribution is 0.0942. The molecule has 1 aromatic rings. The maximum absolute atomic E-state index is 11.8. The van der Waals surface area contributed by atoms with E-state index in [2.05, 4.69) is 23.8 Å². The van der Waals surface area contributed by atoms with Gasteiger partial charge in [-0.1, -0.05) is 32.9 Å². The molecule has 0 spiro atoms. The van der Waals surface area contributed by atoms with E-state index in [-0.39, 0.29) is 11.7 Å². The molecule has 0 unspecified atom stereocenters. The molecule has 0 saturated carbocycles. The van der Waals surface area contributed by atoms with Gasteiger partial charge in [-0.25, -0.2) is 9.97 Å². The minimum Gasteiger partial charge on any atom is -0.290 e. The molecule has 3 nitrogen and oxygen atoms in total. The fraction of sp³-hybridized carbons (Fsp3) is 0.417. The Bertz CT molecular complexity index is 344. The fourth-order valence-electron chi connectivity index (χ4n) is 1.11. The summed E-state index contributed by atoms with van der Waals surface area (Å²) in [7, 11) is 0. The van der Waals surface area contributed by atoms with Crippen LogP contribution in [-0.4, -0.2) is 15.8 Å². The number of ketones is 1. The van der Waals surface area contributed by atoms with Gasteiger partial charge in [0, 0.05) is 18.3 Å². The number of carbonyl (C=O) groups excluding carboxylic acids is 1. The van der Waals surface area contributed by atoms with Gasteiger partial charge in [-0.15, -0.1) is 0 Å². The zero-order chi connectivity index (χ0) is 11.3. The van der Waals surface area contributed by atoms with Crippen LogP contribution in [0.3, 0.4) is 0 Å². The number of allylic oxidation sites excluding steroid dienone is 2. The highest BCUT2D eigenvalue weighted by molar-refractivity contribution is 5.95. The average Bonchev–Trinajstić information content (AvgIpc) is 2.26. The Hall–Kier alpha value is -1.51. The molecule has 0 aliphatic heterocycles. The highest BCUT2D eigenvalue weighted by Gasteiger charge is 2.14. The van der Waals surface area contributed by atoms with Crippen LogP contribution in [0.2, 0.25) is 0 Å². The van der Waals surface area contributed by atoms with Crippen LogP contribution in [0.1, 0.15) is 31.4 Å². The van der Waals surface area contributed by atoms with Crippen molar-refractivity contribution in [2.24, 2.45) is 11.8 Å². The van der Waals surface area contributed by atoms with Gasteiger partial charge in [0.25, 0.3) is 0 Å². The van der Waals surface area contributed by atoms with E-state index >= 15 is 0 Å². The number of aromatic nitrogens is 2. The Morgan fingerprint density at radius 2 is 1.80 bits per heavy atom. The summed E-state index contributed by atoms with van der Waals surface area (Å²) in [6, 6.07) is 1.70. The Kier molecular flexibility index (Phi) is 4.16. The molecule has 0 N–H and O–H groups in total. The molecule has 0 amide bonds. The summed E-state index contributed by atoms with van der Waals surface area (Å²) in [4.78, 5) is 19.6. The lowest BCUT2D eigenvalue weighted by Crippen LogP contribution is -2.12. The van der Waals surface area contributed by atoms with E-state index in [9.17, 15) is 4.79 Å². The molecular formula is C12H16N2O. The van der Waals surface area contributed by atoms with Crippen LogP contribution in [0, 0.1) is 11.8 Å². The third-order valence-electron chi connectivity index (χ3n) is 1.98. The molecule has 0 aliphatic rings. The Labute approximate surface area is 90.3 Å². The summed E-state index contributed by atoms with van der Waals surface area (Å²) in [5.41, 5.74) is 0. The van der Waals surface area contributed by atoms with E-state index < -0.39 is 0 Å². The van der Waals surface area contributed by atoms with Gasteiger partial charge in [-0.05, 0) is 12.0 Å². The van der Waals surface area contributed by atoms with Gasteiger partial charge < -0.3 is 0 Å². The summed E-state index contributed by atoms with van der Waals surface area (Å²) >= 11 is 0. The highest BCUT2D eigenvalue weighted by Crippen LogP contribution is 2.07. The first-order valence-electron chi connectivity index (χ1n) is 5.11. The van der Waals surface area contributed by atoms with Gasteiger partial charge in [-0.3, -0.25) is 4.79 Å². The standard InChI is InChI=1S/C12H16N2O/c1-9(2)5-6-10(3)11(15)12-13-7-4-8-14-12/h4-10H,1-3H3/b6-5+/t10-/m1/s1. The highest BCUT2D eigenvalue weighted by atomic mass is 16.1. The second kappa shape index (κ2) is 5.39. The van der Waals surface area contributed by atoms with E-state index in [0.29, 0.717) is 11.7 Å². The average molecular weight is 204 g/mol. The van der Waals surface area contributed by atoms with Crippen molar-refractivity contribution in [3.05, 3.63) is 36.4 Å². The number of carbonyl (C=O) groups is 1. The molecular weight excluding hydrogens is 188 g/mol. The third-order valence-corrected chi connectivity index (χ3v) is 1.98. The van der Waals surface area contributed by atoms with Crippen LogP contribution in [0.15, 0.2) is 30.6 Å². The van der Waals surface area contributed by atoms with Crippen molar-refractivity contribution in [1.82, 2.24) is 9.97 Å². The van der Waals surface area contributed by atoms with Crippen molar-refractivity contribution in [1.29, 1.82) is 0 Å². The summed E-state index contributed by atoms with van der Waals surface area (Å²) in [6.07, 6.45) is 7.09. The number of rotatable bonds is 4. The first kappa shape index (κ1) is 11.6. The van der Waals surface area contributed by atoms with E-state index in [1.165, 1.54) is 0 Å². The van der Waals surface area contributed by atoms with Gasteiger partial charge in [0.05, 0.1) is 0 Å². The summed E-state index contributed by atoms with van der Waals surface area (Å²) in [5, 5.41) is 0. The van der Waals surface area contributed by atoms with E-state index in [1.807, 2.05) is 19.1 Å². The molecule has 3 heteroatoms. The molecule has 15 heavy (non-hydrogen) atoms. The fourth-order valence-corrected chi connectivity index (χ4v) is 1.11. The van der Waals surface area contributed by atoms with E-state index in [0.717, 1.165) is 0 Å². The Balaban J connectivity index is 2.69. The quantitative estimate of drug-likeness (QED) is 0.559. The summed E-state index contributed by atoms with van der Waals surface area (Å²) < 4.78 is 0. The molecule has 0 aromatic carbocycles. The van der Waals surface area contributed by atoms with Gasteiger partial charge >= 0.3 is 0 Å². The molecule has 1 atom stereocenters. The van der Waals surface area contributed by atoms with Crippen LogP contribution >= 0.6 is 0 Å². The van der Waals surface area contributed by atoms with Crippen LogP contribution in [0.4, 0.5) is 0 Å². The predicted octanol–water partition coefficient (Wildman–Crippen LogP) is 2.51. The zero-order valence-electron chi connectivity index (χ0n) is 9.34. The van der Waals surface area contributed by atoms with Crippen molar-refractivity contribution in [3.8, 4) is 0 Å². The largest absolute Gasteiger partial charge is 0.290 e. The minimum atomic E-state index is -0.158. The summed E-state index contributed by atoms with van der Waals surface area (Å²) in [5.74, 6) is 0.553. The number of hydrogen-bond acceptors (Lipinski definition) is 3. The molecule has 1 rings (SSSR count). The first-order valence-corrected chi connectivity index (χ1v) is 5.11. The third kappa shape index (κ3) is 3.62. The lowest BCUT2D eigenvalue weighted by Gasteiger charge is -2.04. The summed E-state index contributed by atoms with van der Waals surface area (Å²) in [6.45, 7) is 6.01. The van der Waals surface area contributed by atoms with Crippen molar-refractivity contribution in [3.63, 3.8) is 0 Å². The van der Waals surface area contributed by atoms with Crippen molar-refractivity contribution >= 4 is 5.78 Å². The maximum Gasteiger partial charge on any atom is 0.206 e. The molecule has 0 radical (unpaired) electrons. The molecule has 0 aliphatic carbocycles. The van der Waals surface area contributed by atoms with Crippen molar-refractivity contribution in [2.75, 3.05) is 0 Å². The van der Waals surface area contributed by atoms with Crippen LogP contribution in [0.25, 0.3) is 0 Å².